The average molecular weight is 358 g/mol. The lowest BCUT2D eigenvalue weighted by Crippen LogP contribution is -2.54. The molecule has 1 aromatic carbocycles. The van der Waals surface area contributed by atoms with Gasteiger partial charge in [0.15, 0.2) is 18.2 Å². The van der Waals surface area contributed by atoms with E-state index in [2.05, 4.69) is 0 Å². The fourth-order valence-electron chi connectivity index (χ4n) is 2.92. The average Bonchev–Trinajstić information content (AvgIpc) is 2.82. The Bertz CT molecular complexity index is 683. The number of hydrogen-bond acceptors (Lipinski definition) is 7. The molecule has 0 N–H and O–H groups in total. The van der Waals surface area contributed by atoms with Crippen LogP contribution >= 0.6 is 0 Å². The molecule has 2 saturated heterocycles. The summed E-state index contributed by atoms with van der Waals surface area (Å²) >= 11 is 0. The van der Waals surface area contributed by atoms with E-state index in [0.717, 1.165) is 5.56 Å². The second kappa shape index (κ2) is 6.36. The standard InChI is InChI=1S/C16H22O7S/c1-10-5-7-11(8-6-10)24(17,18)23-14-13-12(9-20-15(14)19-4)21-16(2,3)22-13/h5-8,12-15H,9H2,1-4H3. The zero-order valence-corrected chi connectivity index (χ0v) is 14.9. The lowest BCUT2D eigenvalue weighted by Gasteiger charge is -2.35. The van der Waals surface area contributed by atoms with Gasteiger partial charge in [0.05, 0.1) is 11.5 Å². The Hall–Kier alpha value is -1.03. The molecule has 0 bridgehead atoms. The Labute approximate surface area is 141 Å². The van der Waals surface area contributed by atoms with Gasteiger partial charge in [0.25, 0.3) is 10.1 Å². The molecule has 1 aromatic rings. The first-order valence-corrected chi connectivity index (χ1v) is 9.13. The molecule has 24 heavy (non-hydrogen) atoms. The van der Waals surface area contributed by atoms with Crippen LogP contribution in [0.2, 0.25) is 0 Å². The molecule has 0 saturated carbocycles. The van der Waals surface area contributed by atoms with E-state index in [1.807, 2.05) is 6.92 Å². The van der Waals surface area contributed by atoms with Crippen LogP contribution in [0, 0.1) is 6.92 Å². The molecule has 4 atom stereocenters. The molecule has 0 aliphatic carbocycles. The van der Waals surface area contributed by atoms with Crippen molar-refractivity contribution < 1.29 is 31.5 Å². The normalized spacial score (nSPS) is 32.5. The highest BCUT2D eigenvalue weighted by atomic mass is 32.2. The summed E-state index contributed by atoms with van der Waals surface area (Å²) in [5.74, 6) is -0.837. The first kappa shape index (κ1) is 17.8. The van der Waals surface area contributed by atoms with Gasteiger partial charge in [-0.1, -0.05) is 17.7 Å². The molecule has 3 rings (SSSR count). The van der Waals surface area contributed by atoms with Gasteiger partial charge < -0.3 is 18.9 Å². The zero-order valence-electron chi connectivity index (χ0n) is 14.1. The van der Waals surface area contributed by atoms with Crippen molar-refractivity contribution >= 4 is 10.1 Å². The third-order valence-electron chi connectivity index (χ3n) is 4.02. The minimum atomic E-state index is -3.99. The van der Waals surface area contributed by atoms with Crippen LogP contribution < -0.4 is 0 Å². The van der Waals surface area contributed by atoms with Crippen molar-refractivity contribution in [3.8, 4) is 0 Å². The zero-order chi connectivity index (χ0) is 17.5. The molecular formula is C16H22O7S. The van der Waals surface area contributed by atoms with E-state index in [4.69, 9.17) is 23.1 Å². The lowest BCUT2D eigenvalue weighted by molar-refractivity contribution is -0.233. The van der Waals surface area contributed by atoms with Crippen LogP contribution in [0.5, 0.6) is 0 Å². The Morgan fingerprint density at radius 3 is 2.46 bits per heavy atom. The van der Waals surface area contributed by atoms with Crippen LogP contribution in [0.4, 0.5) is 0 Å². The maximum absolute atomic E-state index is 12.6. The number of rotatable bonds is 4. The first-order chi connectivity index (χ1) is 11.2. The summed E-state index contributed by atoms with van der Waals surface area (Å²) in [6.45, 7) is 5.65. The van der Waals surface area contributed by atoms with E-state index in [1.54, 1.807) is 26.0 Å². The van der Waals surface area contributed by atoms with E-state index in [-0.39, 0.29) is 11.5 Å². The predicted octanol–water partition coefficient (Wildman–Crippen LogP) is 1.59. The minimum Gasteiger partial charge on any atom is -0.353 e. The second-order valence-corrected chi connectivity index (χ2v) is 7.98. The third kappa shape index (κ3) is 3.49. The summed E-state index contributed by atoms with van der Waals surface area (Å²) < 4.78 is 52.9. The van der Waals surface area contributed by atoms with Crippen molar-refractivity contribution in [1.82, 2.24) is 0 Å². The summed E-state index contributed by atoms with van der Waals surface area (Å²) in [6, 6.07) is 6.43. The third-order valence-corrected chi connectivity index (χ3v) is 5.34. The monoisotopic (exact) mass is 358 g/mol. The highest BCUT2D eigenvalue weighted by Crippen LogP contribution is 2.37. The molecule has 0 aromatic heterocycles. The van der Waals surface area contributed by atoms with E-state index in [9.17, 15) is 8.42 Å². The molecular weight excluding hydrogens is 336 g/mol. The van der Waals surface area contributed by atoms with Crippen LogP contribution in [0.25, 0.3) is 0 Å². The number of hydrogen-bond donors (Lipinski definition) is 0. The SMILES string of the molecule is COC1OCC2OC(C)(C)OC2C1OS(=O)(=O)c1ccc(C)cc1. The number of fused-ring (bicyclic) bond motifs is 1. The van der Waals surface area contributed by atoms with E-state index >= 15 is 0 Å². The first-order valence-electron chi connectivity index (χ1n) is 7.72. The van der Waals surface area contributed by atoms with E-state index in [0.29, 0.717) is 0 Å². The Morgan fingerprint density at radius 1 is 1.17 bits per heavy atom. The number of aryl methyl sites for hydroxylation is 1. The van der Waals surface area contributed by atoms with Crippen LogP contribution in [-0.2, 0) is 33.2 Å². The molecule has 4 unspecified atom stereocenters. The van der Waals surface area contributed by atoms with Gasteiger partial charge in [0.1, 0.15) is 12.2 Å². The maximum atomic E-state index is 12.6. The van der Waals surface area contributed by atoms with Gasteiger partial charge in [-0.3, -0.25) is 4.18 Å². The van der Waals surface area contributed by atoms with Gasteiger partial charge in [-0.05, 0) is 32.9 Å². The van der Waals surface area contributed by atoms with E-state index in [1.165, 1.54) is 19.2 Å². The summed E-state index contributed by atoms with van der Waals surface area (Å²) in [5, 5.41) is 0. The fourth-order valence-corrected chi connectivity index (χ4v) is 3.99. The lowest BCUT2D eigenvalue weighted by atomic mass is 10.1. The second-order valence-electron chi connectivity index (χ2n) is 6.40. The van der Waals surface area contributed by atoms with Gasteiger partial charge in [-0.25, -0.2) is 0 Å². The number of ether oxygens (including phenoxy) is 4. The summed E-state index contributed by atoms with van der Waals surface area (Å²) in [7, 11) is -2.56. The Balaban J connectivity index is 1.86. The molecule has 7 nitrogen and oxygen atoms in total. The van der Waals surface area contributed by atoms with Crippen molar-refractivity contribution in [3.05, 3.63) is 29.8 Å². The Kier molecular flexibility index (Phi) is 4.71. The topological polar surface area (TPSA) is 80.3 Å². The highest BCUT2D eigenvalue weighted by Gasteiger charge is 2.53. The largest absolute Gasteiger partial charge is 0.353 e. The quantitative estimate of drug-likeness (QED) is 0.756. The summed E-state index contributed by atoms with van der Waals surface area (Å²) in [6.07, 6.45) is -2.82. The molecule has 0 amide bonds. The summed E-state index contributed by atoms with van der Waals surface area (Å²) in [5.41, 5.74) is 0.957. The Morgan fingerprint density at radius 2 is 1.83 bits per heavy atom. The molecule has 0 spiro atoms. The van der Waals surface area contributed by atoms with Gasteiger partial charge in [0.2, 0.25) is 0 Å². The molecule has 2 aliphatic heterocycles. The van der Waals surface area contributed by atoms with Gasteiger partial charge in [-0.15, -0.1) is 0 Å². The molecule has 2 fully saturated rings. The predicted molar refractivity (Wildman–Crippen MR) is 83.8 cm³/mol. The van der Waals surface area contributed by atoms with Crippen molar-refractivity contribution in [2.75, 3.05) is 13.7 Å². The van der Waals surface area contributed by atoms with Crippen LogP contribution in [-0.4, -0.2) is 52.5 Å². The van der Waals surface area contributed by atoms with Crippen molar-refractivity contribution in [3.63, 3.8) is 0 Å². The van der Waals surface area contributed by atoms with Gasteiger partial charge in [-0.2, -0.15) is 8.42 Å². The molecule has 8 heteroatoms. The fraction of sp³-hybridized carbons (Fsp3) is 0.625. The van der Waals surface area contributed by atoms with Gasteiger partial charge in [0, 0.05) is 7.11 Å². The number of benzene rings is 1. The summed E-state index contributed by atoms with van der Waals surface area (Å²) in [4.78, 5) is 0.0725. The van der Waals surface area contributed by atoms with E-state index < -0.39 is 40.5 Å². The minimum absolute atomic E-state index is 0.0725. The van der Waals surface area contributed by atoms with Crippen molar-refractivity contribution in [1.29, 1.82) is 0 Å². The smallest absolute Gasteiger partial charge is 0.297 e. The molecule has 2 aliphatic rings. The highest BCUT2D eigenvalue weighted by molar-refractivity contribution is 7.86. The maximum Gasteiger partial charge on any atom is 0.297 e. The number of methoxy groups -OCH3 is 1. The molecule has 2 heterocycles. The molecule has 134 valence electrons. The van der Waals surface area contributed by atoms with Crippen LogP contribution in [0.15, 0.2) is 29.2 Å². The van der Waals surface area contributed by atoms with Crippen molar-refractivity contribution in [2.24, 2.45) is 0 Å². The van der Waals surface area contributed by atoms with Crippen LogP contribution in [0.3, 0.4) is 0 Å². The van der Waals surface area contributed by atoms with Gasteiger partial charge >= 0.3 is 0 Å². The molecule has 0 radical (unpaired) electrons. The van der Waals surface area contributed by atoms with Crippen molar-refractivity contribution in [2.45, 2.75) is 56.1 Å². The van der Waals surface area contributed by atoms with Crippen LogP contribution in [0.1, 0.15) is 19.4 Å².